The number of amides is 1. The fourth-order valence-corrected chi connectivity index (χ4v) is 2.08. The molecule has 0 spiro atoms. The number of amidine groups is 1. The molecule has 1 aliphatic heterocycles. The van der Waals surface area contributed by atoms with Crippen LogP contribution in [0.5, 0.6) is 5.75 Å². The van der Waals surface area contributed by atoms with Gasteiger partial charge in [-0.25, -0.2) is 0 Å². The number of carbonyl (C=O) groups excluding carboxylic acids is 1. The van der Waals surface area contributed by atoms with Crippen LogP contribution in [0.2, 0.25) is 5.02 Å². The van der Waals surface area contributed by atoms with Crippen molar-refractivity contribution < 1.29 is 9.53 Å². The summed E-state index contributed by atoms with van der Waals surface area (Å²) in [7, 11) is 1.57. The minimum atomic E-state index is -0.287. The fraction of sp³-hybridized carbons (Fsp3) is 0.385. The molecule has 0 bridgehead atoms. The first-order chi connectivity index (χ1) is 8.65. The summed E-state index contributed by atoms with van der Waals surface area (Å²) in [6.07, 6.45) is 1.68. The first kappa shape index (κ1) is 12.9. The van der Waals surface area contributed by atoms with Crippen LogP contribution in [-0.4, -0.2) is 24.9 Å². The Bertz CT molecular complexity index is 500. The van der Waals surface area contributed by atoms with E-state index < -0.39 is 0 Å². The van der Waals surface area contributed by atoms with E-state index in [0.29, 0.717) is 16.6 Å². The number of methoxy groups -OCH3 is 1. The maximum Gasteiger partial charge on any atom is 0.250 e. The van der Waals surface area contributed by atoms with Crippen molar-refractivity contribution in [3.63, 3.8) is 0 Å². The topological polar surface area (TPSA) is 50.7 Å². The highest BCUT2D eigenvalue weighted by Crippen LogP contribution is 2.25. The van der Waals surface area contributed by atoms with Crippen LogP contribution in [-0.2, 0) is 4.79 Å². The van der Waals surface area contributed by atoms with Crippen molar-refractivity contribution in [3.8, 4) is 5.75 Å². The van der Waals surface area contributed by atoms with Gasteiger partial charge in [0.1, 0.15) is 17.6 Å². The molecule has 1 heterocycles. The summed E-state index contributed by atoms with van der Waals surface area (Å²) < 4.78 is 5.25. The van der Waals surface area contributed by atoms with Crippen LogP contribution >= 0.6 is 11.6 Å². The number of benzene rings is 1. The van der Waals surface area contributed by atoms with Gasteiger partial charge in [0.25, 0.3) is 0 Å². The van der Waals surface area contributed by atoms with Crippen LogP contribution in [0.4, 0.5) is 0 Å². The van der Waals surface area contributed by atoms with Gasteiger partial charge in [-0.15, -0.1) is 0 Å². The molecule has 0 aliphatic carbocycles. The van der Waals surface area contributed by atoms with Crippen molar-refractivity contribution in [3.05, 3.63) is 28.8 Å². The second-order valence-electron chi connectivity index (χ2n) is 4.12. The van der Waals surface area contributed by atoms with Crippen molar-refractivity contribution in [1.29, 1.82) is 0 Å². The summed E-state index contributed by atoms with van der Waals surface area (Å²) >= 11 is 5.90. The van der Waals surface area contributed by atoms with E-state index in [1.165, 1.54) is 0 Å². The molecule has 1 N–H and O–H groups in total. The highest BCUT2D eigenvalue weighted by atomic mass is 35.5. The van der Waals surface area contributed by atoms with Crippen molar-refractivity contribution in [2.24, 2.45) is 4.99 Å². The summed E-state index contributed by atoms with van der Waals surface area (Å²) in [5.74, 6) is 1.12. The Kier molecular flexibility index (Phi) is 3.87. The highest BCUT2D eigenvalue weighted by molar-refractivity contribution is 6.31. The predicted molar refractivity (Wildman–Crippen MR) is 71.4 cm³/mol. The molecule has 18 heavy (non-hydrogen) atoms. The molecule has 0 saturated heterocycles. The second kappa shape index (κ2) is 5.40. The molecule has 0 fully saturated rings. The molecule has 2 rings (SSSR count). The van der Waals surface area contributed by atoms with Crippen LogP contribution in [0.3, 0.4) is 0 Å². The van der Waals surface area contributed by atoms with Gasteiger partial charge >= 0.3 is 0 Å². The van der Waals surface area contributed by atoms with E-state index in [2.05, 4.69) is 10.3 Å². The van der Waals surface area contributed by atoms with Gasteiger partial charge in [-0.2, -0.15) is 0 Å². The SMILES string of the molecule is CCCC1N=C(c2ccc(Cl)cc2OC)NC1=O. The maximum absolute atomic E-state index is 11.7. The molecule has 0 saturated carbocycles. The molecule has 1 unspecified atom stereocenters. The molecule has 1 amide bonds. The van der Waals surface area contributed by atoms with Gasteiger partial charge in [0.15, 0.2) is 0 Å². The summed E-state index contributed by atoms with van der Waals surface area (Å²) in [6.45, 7) is 2.03. The Labute approximate surface area is 111 Å². The van der Waals surface area contributed by atoms with Crippen molar-refractivity contribution in [2.45, 2.75) is 25.8 Å². The van der Waals surface area contributed by atoms with E-state index in [9.17, 15) is 4.79 Å². The molecule has 1 aromatic carbocycles. The lowest BCUT2D eigenvalue weighted by atomic mass is 10.2. The maximum atomic E-state index is 11.7. The van der Waals surface area contributed by atoms with E-state index in [4.69, 9.17) is 16.3 Å². The number of halogens is 1. The number of nitrogens with zero attached hydrogens (tertiary/aromatic N) is 1. The number of nitrogens with one attached hydrogen (secondary N) is 1. The van der Waals surface area contributed by atoms with Crippen LogP contribution in [0.25, 0.3) is 0 Å². The molecule has 0 aromatic heterocycles. The van der Waals surface area contributed by atoms with E-state index in [0.717, 1.165) is 18.4 Å². The number of carbonyl (C=O) groups is 1. The Morgan fingerprint density at radius 1 is 1.50 bits per heavy atom. The van der Waals surface area contributed by atoms with E-state index >= 15 is 0 Å². The van der Waals surface area contributed by atoms with Crippen LogP contribution in [0.15, 0.2) is 23.2 Å². The molecular weight excluding hydrogens is 252 g/mol. The number of rotatable bonds is 4. The summed E-state index contributed by atoms with van der Waals surface area (Å²) in [6, 6.07) is 4.97. The quantitative estimate of drug-likeness (QED) is 0.910. The lowest BCUT2D eigenvalue weighted by molar-refractivity contribution is -0.120. The van der Waals surface area contributed by atoms with E-state index in [1.807, 2.05) is 6.92 Å². The van der Waals surface area contributed by atoms with Crippen molar-refractivity contribution >= 4 is 23.3 Å². The third-order valence-corrected chi connectivity index (χ3v) is 3.05. The fourth-order valence-electron chi connectivity index (χ4n) is 1.91. The van der Waals surface area contributed by atoms with Gasteiger partial charge in [0.05, 0.1) is 12.7 Å². The summed E-state index contributed by atoms with van der Waals surface area (Å²) in [4.78, 5) is 16.1. The molecule has 1 aromatic rings. The monoisotopic (exact) mass is 266 g/mol. The molecule has 0 radical (unpaired) electrons. The van der Waals surface area contributed by atoms with Crippen LogP contribution in [0.1, 0.15) is 25.3 Å². The number of hydrogen-bond donors (Lipinski definition) is 1. The Hall–Kier alpha value is -1.55. The number of hydrogen-bond acceptors (Lipinski definition) is 3. The van der Waals surface area contributed by atoms with Gasteiger partial charge < -0.3 is 10.1 Å². The first-order valence-electron chi connectivity index (χ1n) is 5.88. The average molecular weight is 267 g/mol. The highest BCUT2D eigenvalue weighted by Gasteiger charge is 2.27. The zero-order valence-corrected chi connectivity index (χ0v) is 11.1. The molecule has 4 nitrogen and oxygen atoms in total. The molecule has 96 valence electrons. The van der Waals surface area contributed by atoms with E-state index in [-0.39, 0.29) is 11.9 Å². The predicted octanol–water partition coefficient (Wildman–Crippen LogP) is 2.39. The Balaban J connectivity index is 2.32. The van der Waals surface area contributed by atoms with Gasteiger partial charge in [-0.1, -0.05) is 24.9 Å². The van der Waals surface area contributed by atoms with Gasteiger partial charge in [-0.05, 0) is 24.6 Å². The average Bonchev–Trinajstić information content (AvgIpc) is 2.71. The van der Waals surface area contributed by atoms with Gasteiger partial charge in [0.2, 0.25) is 5.91 Å². The standard InChI is InChI=1S/C13H15ClN2O2/c1-3-4-10-13(17)16-12(15-10)9-6-5-8(14)7-11(9)18-2/h5-7,10H,3-4H2,1-2H3,(H,15,16,17). The summed E-state index contributed by atoms with van der Waals surface area (Å²) in [5.41, 5.74) is 0.758. The zero-order valence-electron chi connectivity index (χ0n) is 10.4. The lowest BCUT2D eigenvalue weighted by Gasteiger charge is -2.08. The third kappa shape index (κ3) is 2.48. The summed E-state index contributed by atoms with van der Waals surface area (Å²) in [5, 5.41) is 3.38. The minimum Gasteiger partial charge on any atom is -0.496 e. The zero-order chi connectivity index (χ0) is 13.1. The van der Waals surface area contributed by atoms with Crippen molar-refractivity contribution in [1.82, 2.24) is 5.32 Å². The van der Waals surface area contributed by atoms with Crippen molar-refractivity contribution in [2.75, 3.05) is 7.11 Å². The smallest absolute Gasteiger partial charge is 0.250 e. The van der Waals surface area contributed by atoms with Crippen LogP contribution < -0.4 is 10.1 Å². The molecule has 5 heteroatoms. The van der Waals surface area contributed by atoms with Crippen LogP contribution in [0, 0.1) is 0 Å². The Morgan fingerprint density at radius 2 is 2.28 bits per heavy atom. The second-order valence-corrected chi connectivity index (χ2v) is 4.55. The Morgan fingerprint density at radius 3 is 2.94 bits per heavy atom. The number of ether oxygens (including phenoxy) is 1. The van der Waals surface area contributed by atoms with Gasteiger partial charge in [0, 0.05) is 5.02 Å². The van der Waals surface area contributed by atoms with E-state index in [1.54, 1.807) is 25.3 Å². The number of aliphatic imine (C=N–C) groups is 1. The molecular formula is C13H15ClN2O2. The molecule has 1 atom stereocenters. The third-order valence-electron chi connectivity index (χ3n) is 2.81. The largest absolute Gasteiger partial charge is 0.496 e. The van der Waals surface area contributed by atoms with Gasteiger partial charge in [-0.3, -0.25) is 9.79 Å². The minimum absolute atomic E-state index is 0.0520. The first-order valence-corrected chi connectivity index (χ1v) is 6.26. The normalized spacial score (nSPS) is 18.5. The molecule has 1 aliphatic rings. The lowest BCUT2D eigenvalue weighted by Crippen LogP contribution is -2.29.